The van der Waals surface area contributed by atoms with Gasteiger partial charge in [0.1, 0.15) is 5.69 Å². The van der Waals surface area contributed by atoms with Crippen molar-refractivity contribution < 1.29 is 14.1 Å². The Morgan fingerprint density at radius 2 is 1.73 bits per heavy atom. The lowest BCUT2D eigenvalue weighted by Gasteiger charge is -2.20. The molecule has 6 heteroatoms. The number of hydrogen-bond donors (Lipinski definition) is 2. The largest absolute Gasteiger partial charge is 0.356 e. The highest BCUT2D eigenvalue weighted by atomic mass is 16.5. The van der Waals surface area contributed by atoms with Crippen LogP contribution in [0, 0.1) is 0 Å². The zero-order valence-electron chi connectivity index (χ0n) is 15.0. The Labute approximate surface area is 151 Å². The minimum absolute atomic E-state index is 0.114. The van der Waals surface area contributed by atoms with Crippen molar-refractivity contribution in [2.75, 3.05) is 5.32 Å². The van der Waals surface area contributed by atoms with Crippen LogP contribution < -0.4 is 10.6 Å². The van der Waals surface area contributed by atoms with Crippen LogP contribution in [0.25, 0.3) is 11.0 Å². The van der Waals surface area contributed by atoms with Gasteiger partial charge >= 0.3 is 0 Å². The molecule has 0 aliphatic carbocycles. The van der Waals surface area contributed by atoms with Gasteiger partial charge < -0.3 is 15.2 Å². The lowest BCUT2D eigenvalue weighted by atomic mass is 10.1. The van der Waals surface area contributed by atoms with E-state index in [1.807, 2.05) is 45.0 Å². The SMILES string of the molecule is CC(C)(C)NC(=O)c1ccc(NC(=O)Cc2noc3ccccc23)cc1. The number of carbonyl (C=O) groups is 2. The fourth-order valence-electron chi connectivity index (χ4n) is 2.54. The quantitative estimate of drug-likeness (QED) is 0.753. The molecule has 1 heterocycles. The van der Waals surface area contributed by atoms with E-state index >= 15 is 0 Å². The standard InChI is InChI=1S/C20H21N3O3/c1-20(2,3)22-19(25)13-8-10-14(11-9-13)21-18(24)12-16-15-6-4-5-7-17(15)26-23-16/h4-11H,12H2,1-3H3,(H,21,24)(H,22,25). The van der Waals surface area contributed by atoms with E-state index in [4.69, 9.17) is 4.52 Å². The molecule has 3 rings (SSSR count). The molecule has 0 spiro atoms. The molecule has 0 saturated carbocycles. The van der Waals surface area contributed by atoms with Gasteiger partial charge in [-0.3, -0.25) is 9.59 Å². The first kappa shape index (κ1) is 17.7. The first-order valence-electron chi connectivity index (χ1n) is 8.37. The zero-order valence-corrected chi connectivity index (χ0v) is 15.0. The smallest absolute Gasteiger partial charge is 0.251 e. The first-order chi connectivity index (χ1) is 12.3. The predicted octanol–water partition coefficient (Wildman–Crippen LogP) is 3.54. The fourth-order valence-corrected chi connectivity index (χ4v) is 2.54. The second kappa shape index (κ2) is 7.00. The van der Waals surface area contributed by atoms with Crippen molar-refractivity contribution in [2.45, 2.75) is 32.7 Å². The monoisotopic (exact) mass is 351 g/mol. The minimum atomic E-state index is -0.301. The van der Waals surface area contributed by atoms with Crippen molar-refractivity contribution in [1.29, 1.82) is 0 Å². The summed E-state index contributed by atoms with van der Waals surface area (Å²) in [6.07, 6.45) is 0.114. The van der Waals surface area contributed by atoms with Gasteiger partial charge in [0.05, 0.1) is 6.42 Å². The molecule has 3 aromatic rings. The lowest BCUT2D eigenvalue weighted by molar-refractivity contribution is -0.115. The topological polar surface area (TPSA) is 84.2 Å². The molecule has 134 valence electrons. The molecule has 2 aromatic carbocycles. The summed E-state index contributed by atoms with van der Waals surface area (Å²) in [5.74, 6) is -0.347. The van der Waals surface area contributed by atoms with Crippen LogP contribution >= 0.6 is 0 Å². The maximum Gasteiger partial charge on any atom is 0.251 e. The van der Waals surface area contributed by atoms with E-state index in [0.717, 1.165) is 5.39 Å². The van der Waals surface area contributed by atoms with Gasteiger partial charge in [-0.2, -0.15) is 0 Å². The van der Waals surface area contributed by atoms with Crippen molar-refractivity contribution in [2.24, 2.45) is 0 Å². The van der Waals surface area contributed by atoms with E-state index in [2.05, 4.69) is 15.8 Å². The number of nitrogens with zero attached hydrogens (tertiary/aromatic N) is 1. The third kappa shape index (κ3) is 4.27. The molecule has 6 nitrogen and oxygen atoms in total. The van der Waals surface area contributed by atoms with E-state index in [-0.39, 0.29) is 23.8 Å². The van der Waals surface area contributed by atoms with Gasteiger partial charge in [-0.25, -0.2) is 0 Å². The van der Waals surface area contributed by atoms with Gasteiger partial charge in [-0.05, 0) is 57.2 Å². The molecular weight excluding hydrogens is 330 g/mol. The second-order valence-electron chi connectivity index (χ2n) is 7.13. The summed E-state index contributed by atoms with van der Waals surface area (Å²) in [5, 5.41) is 10.5. The third-order valence-electron chi connectivity index (χ3n) is 3.70. The van der Waals surface area contributed by atoms with Gasteiger partial charge in [-0.1, -0.05) is 17.3 Å². The predicted molar refractivity (Wildman–Crippen MR) is 100 cm³/mol. The molecule has 0 radical (unpaired) electrons. The van der Waals surface area contributed by atoms with Crippen molar-refractivity contribution in [3.8, 4) is 0 Å². The van der Waals surface area contributed by atoms with Crippen molar-refractivity contribution in [3.05, 3.63) is 59.8 Å². The van der Waals surface area contributed by atoms with Gasteiger partial charge in [0, 0.05) is 22.2 Å². The Hall–Kier alpha value is -3.15. The van der Waals surface area contributed by atoms with Crippen molar-refractivity contribution in [1.82, 2.24) is 10.5 Å². The van der Waals surface area contributed by atoms with Gasteiger partial charge in [0.25, 0.3) is 5.91 Å². The Bertz CT molecular complexity index is 937. The third-order valence-corrected chi connectivity index (χ3v) is 3.70. The summed E-state index contributed by atoms with van der Waals surface area (Å²) in [6.45, 7) is 5.77. The Balaban J connectivity index is 1.63. The summed E-state index contributed by atoms with van der Waals surface area (Å²) in [7, 11) is 0. The Morgan fingerprint density at radius 3 is 2.42 bits per heavy atom. The molecule has 0 aliphatic rings. The van der Waals surface area contributed by atoms with Crippen LogP contribution in [0.15, 0.2) is 53.1 Å². The maximum absolute atomic E-state index is 12.3. The second-order valence-corrected chi connectivity index (χ2v) is 7.13. The van der Waals surface area contributed by atoms with Crippen LogP contribution in [0.5, 0.6) is 0 Å². The summed E-state index contributed by atoms with van der Waals surface area (Å²) in [6, 6.07) is 14.2. The number of fused-ring (bicyclic) bond motifs is 1. The summed E-state index contributed by atoms with van der Waals surface area (Å²) < 4.78 is 5.21. The van der Waals surface area contributed by atoms with Crippen LogP contribution in [0.4, 0.5) is 5.69 Å². The Morgan fingerprint density at radius 1 is 1.04 bits per heavy atom. The molecule has 0 bridgehead atoms. The highest BCUT2D eigenvalue weighted by molar-refractivity contribution is 5.97. The van der Waals surface area contributed by atoms with Crippen molar-refractivity contribution in [3.63, 3.8) is 0 Å². The average molecular weight is 351 g/mol. The number of aromatic nitrogens is 1. The van der Waals surface area contributed by atoms with E-state index in [1.165, 1.54) is 0 Å². The molecule has 1 aromatic heterocycles. The summed E-state index contributed by atoms with van der Waals surface area (Å²) in [5.41, 5.74) is 2.11. The number of rotatable bonds is 4. The van der Waals surface area contributed by atoms with Crippen LogP contribution in [-0.2, 0) is 11.2 Å². The molecule has 2 N–H and O–H groups in total. The van der Waals surface area contributed by atoms with Gasteiger partial charge in [0.2, 0.25) is 5.91 Å². The maximum atomic E-state index is 12.3. The highest BCUT2D eigenvalue weighted by Crippen LogP contribution is 2.19. The average Bonchev–Trinajstić information content (AvgIpc) is 2.97. The first-order valence-corrected chi connectivity index (χ1v) is 8.37. The number of hydrogen-bond acceptors (Lipinski definition) is 4. The minimum Gasteiger partial charge on any atom is -0.356 e. The normalized spacial score (nSPS) is 11.3. The summed E-state index contributed by atoms with van der Waals surface area (Å²) in [4.78, 5) is 24.4. The van der Waals surface area contributed by atoms with Crippen LogP contribution in [0.3, 0.4) is 0 Å². The van der Waals surface area contributed by atoms with Gasteiger partial charge in [-0.15, -0.1) is 0 Å². The van der Waals surface area contributed by atoms with E-state index in [9.17, 15) is 9.59 Å². The van der Waals surface area contributed by atoms with E-state index in [0.29, 0.717) is 22.5 Å². The van der Waals surface area contributed by atoms with Crippen LogP contribution in [-0.4, -0.2) is 22.5 Å². The molecule has 0 unspecified atom stereocenters. The number of nitrogens with one attached hydrogen (secondary N) is 2. The van der Waals surface area contributed by atoms with E-state index in [1.54, 1.807) is 24.3 Å². The fraction of sp³-hybridized carbons (Fsp3) is 0.250. The van der Waals surface area contributed by atoms with E-state index < -0.39 is 0 Å². The molecule has 26 heavy (non-hydrogen) atoms. The molecule has 2 amide bonds. The number of para-hydroxylation sites is 1. The number of benzene rings is 2. The molecule has 0 atom stereocenters. The van der Waals surface area contributed by atoms with Gasteiger partial charge in [0.15, 0.2) is 5.58 Å². The zero-order chi connectivity index (χ0) is 18.7. The Kier molecular flexibility index (Phi) is 4.75. The summed E-state index contributed by atoms with van der Waals surface area (Å²) >= 11 is 0. The number of amides is 2. The van der Waals surface area contributed by atoms with Crippen LogP contribution in [0.2, 0.25) is 0 Å². The number of anilines is 1. The number of carbonyl (C=O) groups excluding carboxylic acids is 2. The molecule has 0 fully saturated rings. The molecule has 0 saturated heterocycles. The van der Waals surface area contributed by atoms with Crippen LogP contribution in [0.1, 0.15) is 36.8 Å². The lowest BCUT2D eigenvalue weighted by Crippen LogP contribution is -2.40. The molecular formula is C20H21N3O3. The highest BCUT2D eigenvalue weighted by Gasteiger charge is 2.16. The van der Waals surface area contributed by atoms with Crippen molar-refractivity contribution >= 4 is 28.5 Å². The molecule has 0 aliphatic heterocycles.